The molecule has 0 atom stereocenters. The third-order valence-electron chi connectivity index (χ3n) is 4.45. The molecule has 3 nitrogen and oxygen atoms in total. The average Bonchev–Trinajstić information content (AvgIpc) is 2.65. The van der Waals surface area contributed by atoms with Gasteiger partial charge in [-0.15, -0.1) is 0 Å². The van der Waals surface area contributed by atoms with Crippen LogP contribution in [0.2, 0.25) is 0 Å². The summed E-state index contributed by atoms with van der Waals surface area (Å²) in [6.07, 6.45) is -10.1. The number of ether oxygens (including phenoxy) is 2. The highest BCUT2D eigenvalue weighted by Crippen LogP contribution is 2.47. The second kappa shape index (κ2) is 7.26. The SMILES string of the molecule is COc1cc(F)c(OC)c2c(-c3cc(C(F)(F)F)cc(C(F)(F)F)c3)ccc(O)c12. The zero-order chi connectivity index (χ0) is 22.4. The van der Waals surface area contributed by atoms with Crippen LogP contribution in [0.4, 0.5) is 30.7 Å². The van der Waals surface area contributed by atoms with E-state index < -0.39 is 46.4 Å². The number of fused-ring (bicyclic) bond motifs is 1. The van der Waals surface area contributed by atoms with E-state index in [9.17, 15) is 35.8 Å². The summed E-state index contributed by atoms with van der Waals surface area (Å²) in [4.78, 5) is 0. The van der Waals surface area contributed by atoms with Gasteiger partial charge in [-0.25, -0.2) is 4.39 Å². The lowest BCUT2D eigenvalue weighted by molar-refractivity contribution is -0.143. The number of aromatic hydroxyl groups is 1. The van der Waals surface area contributed by atoms with Crippen molar-refractivity contribution < 1.29 is 45.3 Å². The molecule has 10 heteroatoms. The van der Waals surface area contributed by atoms with Crippen LogP contribution in [-0.4, -0.2) is 19.3 Å². The molecule has 0 aromatic heterocycles. The van der Waals surface area contributed by atoms with Gasteiger partial charge in [-0.3, -0.25) is 0 Å². The van der Waals surface area contributed by atoms with Crippen LogP contribution in [0.25, 0.3) is 21.9 Å². The highest BCUT2D eigenvalue weighted by Gasteiger charge is 2.37. The van der Waals surface area contributed by atoms with E-state index in [1.165, 1.54) is 7.11 Å². The highest BCUT2D eigenvalue weighted by molar-refractivity contribution is 6.07. The zero-order valence-electron chi connectivity index (χ0n) is 15.4. The van der Waals surface area contributed by atoms with Crippen LogP contribution in [0.1, 0.15) is 11.1 Å². The molecule has 0 aliphatic rings. The van der Waals surface area contributed by atoms with E-state index in [2.05, 4.69) is 0 Å². The summed E-state index contributed by atoms with van der Waals surface area (Å²) in [5.74, 6) is -2.04. The molecule has 0 amide bonds. The number of phenolic OH excluding ortho intramolecular Hbond substituents is 1. The third kappa shape index (κ3) is 3.69. The Kier molecular flexibility index (Phi) is 5.21. The minimum Gasteiger partial charge on any atom is -0.507 e. The van der Waals surface area contributed by atoms with E-state index in [1.807, 2.05) is 0 Å². The lowest BCUT2D eigenvalue weighted by atomic mass is 9.93. The normalized spacial score (nSPS) is 12.3. The van der Waals surface area contributed by atoms with Gasteiger partial charge in [0.25, 0.3) is 0 Å². The molecule has 3 aromatic carbocycles. The first-order chi connectivity index (χ1) is 13.9. The van der Waals surface area contributed by atoms with Gasteiger partial charge in [-0.2, -0.15) is 26.3 Å². The molecule has 160 valence electrons. The number of hydrogen-bond donors (Lipinski definition) is 1. The molecule has 0 spiro atoms. The molecule has 3 aromatic rings. The maximum atomic E-state index is 14.5. The van der Waals surface area contributed by atoms with Crippen molar-refractivity contribution in [2.45, 2.75) is 12.4 Å². The Morgan fingerprint density at radius 3 is 1.80 bits per heavy atom. The zero-order valence-corrected chi connectivity index (χ0v) is 15.4. The number of phenols is 1. The fourth-order valence-electron chi connectivity index (χ4n) is 3.16. The van der Waals surface area contributed by atoms with Gasteiger partial charge < -0.3 is 14.6 Å². The standard InChI is InChI=1S/C20H13F7O3/c1-29-15-8-13(21)18(30-2)16-12(3-4-14(28)17(15)16)9-5-10(19(22,23)24)7-11(6-9)20(25,26)27/h3-8,28H,1-2H3. The van der Waals surface area contributed by atoms with Crippen LogP contribution in [0.15, 0.2) is 36.4 Å². The van der Waals surface area contributed by atoms with E-state index in [0.29, 0.717) is 12.1 Å². The Morgan fingerprint density at radius 2 is 1.33 bits per heavy atom. The van der Waals surface area contributed by atoms with Gasteiger partial charge in [-0.1, -0.05) is 0 Å². The highest BCUT2D eigenvalue weighted by atomic mass is 19.4. The van der Waals surface area contributed by atoms with Gasteiger partial charge in [0.2, 0.25) is 0 Å². The van der Waals surface area contributed by atoms with Crippen LogP contribution in [0.5, 0.6) is 17.2 Å². The van der Waals surface area contributed by atoms with Crippen LogP contribution in [0.3, 0.4) is 0 Å². The Labute approximate surface area is 165 Å². The Morgan fingerprint density at radius 1 is 0.767 bits per heavy atom. The monoisotopic (exact) mass is 434 g/mol. The van der Waals surface area contributed by atoms with Gasteiger partial charge in [0.1, 0.15) is 11.5 Å². The molecule has 1 N–H and O–H groups in total. The molecule has 0 saturated carbocycles. The first kappa shape index (κ1) is 21.5. The fourth-order valence-corrected chi connectivity index (χ4v) is 3.16. The second-order valence-corrected chi connectivity index (χ2v) is 6.27. The van der Waals surface area contributed by atoms with Crippen LogP contribution < -0.4 is 9.47 Å². The molecule has 0 saturated heterocycles. The van der Waals surface area contributed by atoms with Gasteiger partial charge in [0.15, 0.2) is 11.6 Å². The Balaban J connectivity index is 2.49. The number of benzene rings is 3. The number of rotatable bonds is 3. The summed E-state index contributed by atoms with van der Waals surface area (Å²) in [5, 5.41) is 9.85. The van der Waals surface area contributed by atoms with E-state index >= 15 is 0 Å². The van der Waals surface area contributed by atoms with E-state index in [0.717, 1.165) is 25.3 Å². The number of hydrogen-bond acceptors (Lipinski definition) is 3. The molecule has 0 radical (unpaired) electrons. The summed E-state index contributed by atoms with van der Waals surface area (Å²) in [6, 6.07) is 4.04. The predicted octanol–water partition coefficient (Wildman–Crippen LogP) is 6.41. The van der Waals surface area contributed by atoms with Crippen molar-refractivity contribution in [3.8, 4) is 28.4 Å². The third-order valence-corrected chi connectivity index (χ3v) is 4.45. The molecule has 0 heterocycles. The number of alkyl halides is 6. The first-order valence-electron chi connectivity index (χ1n) is 8.24. The van der Waals surface area contributed by atoms with Gasteiger partial charge >= 0.3 is 12.4 Å². The fraction of sp³-hybridized carbons (Fsp3) is 0.200. The summed E-state index contributed by atoms with van der Waals surface area (Å²) in [6.45, 7) is 0. The molecule has 0 fully saturated rings. The molecule has 0 unspecified atom stereocenters. The lowest BCUT2D eigenvalue weighted by Crippen LogP contribution is -2.11. The minimum absolute atomic E-state index is 0.00942. The van der Waals surface area contributed by atoms with Crippen molar-refractivity contribution in [3.63, 3.8) is 0 Å². The van der Waals surface area contributed by atoms with E-state index in [1.54, 1.807) is 0 Å². The summed E-state index contributed by atoms with van der Waals surface area (Å²) < 4.78 is 104. The molecule has 0 aliphatic heterocycles. The van der Waals surface area contributed by atoms with Crippen molar-refractivity contribution in [1.82, 2.24) is 0 Å². The molecule has 30 heavy (non-hydrogen) atoms. The Hall–Kier alpha value is -3.17. The average molecular weight is 434 g/mol. The van der Waals surface area contributed by atoms with Gasteiger partial charge in [0, 0.05) is 11.5 Å². The first-order valence-corrected chi connectivity index (χ1v) is 8.24. The molecule has 0 bridgehead atoms. The maximum Gasteiger partial charge on any atom is 0.416 e. The predicted molar refractivity (Wildman–Crippen MR) is 94.1 cm³/mol. The van der Waals surface area contributed by atoms with Crippen LogP contribution in [-0.2, 0) is 12.4 Å². The maximum absolute atomic E-state index is 14.5. The van der Waals surface area contributed by atoms with E-state index in [4.69, 9.17) is 9.47 Å². The van der Waals surface area contributed by atoms with Gasteiger partial charge in [-0.05, 0) is 41.5 Å². The molecular formula is C20H13F7O3. The van der Waals surface area contributed by atoms with Crippen molar-refractivity contribution in [3.05, 3.63) is 53.3 Å². The number of methoxy groups -OCH3 is 2. The minimum atomic E-state index is -5.06. The topological polar surface area (TPSA) is 38.7 Å². The Bertz CT molecular complexity index is 1090. The molecule has 3 rings (SSSR count). The largest absolute Gasteiger partial charge is 0.507 e. The summed E-state index contributed by atoms with van der Waals surface area (Å²) in [7, 11) is 2.24. The number of halogens is 7. The quantitative estimate of drug-likeness (QED) is 0.485. The van der Waals surface area contributed by atoms with Crippen molar-refractivity contribution in [1.29, 1.82) is 0 Å². The summed E-state index contributed by atoms with van der Waals surface area (Å²) >= 11 is 0. The molecular weight excluding hydrogens is 421 g/mol. The van der Waals surface area contributed by atoms with Crippen molar-refractivity contribution in [2.75, 3.05) is 14.2 Å². The van der Waals surface area contributed by atoms with E-state index in [-0.39, 0.29) is 28.2 Å². The lowest BCUT2D eigenvalue weighted by Gasteiger charge is -2.18. The molecule has 0 aliphatic carbocycles. The van der Waals surface area contributed by atoms with Crippen LogP contribution in [0, 0.1) is 5.82 Å². The van der Waals surface area contributed by atoms with Gasteiger partial charge in [0.05, 0.1) is 30.7 Å². The smallest absolute Gasteiger partial charge is 0.416 e. The summed E-state index contributed by atoms with van der Waals surface area (Å²) in [5.41, 5.74) is -3.77. The van der Waals surface area contributed by atoms with Crippen molar-refractivity contribution >= 4 is 10.8 Å². The van der Waals surface area contributed by atoms with Crippen LogP contribution >= 0.6 is 0 Å². The second-order valence-electron chi connectivity index (χ2n) is 6.27. The van der Waals surface area contributed by atoms with Crippen molar-refractivity contribution in [2.24, 2.45) is 0 Å².